The van der Waals surface area contributed by atoms with Gasteiger partial charge in [-0.25, -0.2) is 13.1 Å². The van der Waals surface area contributed by atoms with Gasteiger partial charge in [0.25, 0.3) is 0 Å². The van der Waals surface area contributed by atoms with Gasteiger partial charge in [-0.15, -0.1) is 0 Å². The molecule has 0 rings (SSSR count). The minimum atomic E-state index is -3.15. The van der Waals surface area contributed by atoms with Crippen molar-refractivity contribution in [1.82, 2.24) is 4.72 Å². The highest BCUT2D eigenvalue weighted by molar-refractivity contribution is 7.89. The largest absolute Gasteiger partial charge is 0.395 e. The predicted molar refractivity (Wildman–Crippen MR) is 43.8 cm³/mol. The minimum Gasteiger partial charge on any atom is -0.395 e. The van der Waals surface area contributed by atoms with Crippen molar-refractivity contribution in [3.8, 4) is 0 Å². The van der Waals surface area contributed by atoms with Gasteiger partial charge < -0.3 is 5.11 Å². The molecule has 0 heterocycles. The van der Waals surface area contributed by atoms with Crippen LogP contribution in [0.2, 0.25) is 0 Å². The van der Waals surface area contributed by atoms with Gasteiger partial charge in [-0.1, -0.05) is 6.92 Å². The van der Waals surface area contributed by atoms with Gasteiger partial charge in [-0.2, -0.15) is 0 Å². The van der Waals surface area contributed by atoms with E-state index in [1.165, 1.54) is 0 Å². The minimum absolute atomic E-state index is 0.122. The number of sulfonamides is 1. The summed E-state index contributed by atoms with van der Waals surface area (Å²) in [6, 6.07) is -0.383. The highest BCUT2D eigenvalue weighted by Crippen LogP contribution is 1.90. The molecule has 68 valence electrons. The Labute approximate surface area is 67.7 Å². The van der Waals surface area contributed by atoms with Crippen molar-refractivity contribution in [2.45, 2.75) is 26.3 Å². The summed E-state index contributed by atoms with van der Waals surface area (Å²) < 4.78 is 24.3. The zero-order chi connectivity index (χ0) is 8.91. The SMILES string of the molecule is CCCS(=O)(=O)N[C@@H](C)CO. The first-order chi connectivity index (χ1) is 5.02. The molecule has 2 N–H and O–H groups in total. The smallest absolute Gasteiger partial charge is 0.211 e. The lowest BCUT2D eigenvalue weighted by molar-refractivity contribution is 0.265. The fourth-order valence-corrected chi connectivity index (χ4v) is 2.01. The number of aliphatic hydroxyl groups excluding tert-OH is 1. The van der Waals surface area contributed by atoms with Crippen molar-refractivity contribution in [2.75, 3.05) is 12.4 Å². The molecule has 1 atom stereocenters. The molecule has 0 aliphatic heterocycles. The highest BCUT2D eigenvalue weighted by Gasteiger charge is 2.11. The van der Waals surface area contributed by atoms with Gasteiger partial charge in [-0.3, -0.25) is 0 Å². The van der Waals surface area contributed by atoms with Crippen LogP contribution < -0.4 is 4.72 Å². The van der Waals surface area contributed by atoms with Crippen molar-refractivity contribution < 1.29 is 13.5 Å². The Bertz CT molecular complexity index is 188. The van der Waals surface area contributed by atoms with E-state index in [2.05, 4.69) is 4.72 Å². The maximum Gasteiger partial charge on any atom is 0.211 e. The van der Waals surface area contributed by atoms with Gasteiger partial charge >= 0.3 is 0 Å². The van der Waals surface area contributed by atoms with Crippen LogP contribution in [0.3, 0.4) is 0 Å². The third kappa shape index (κ3) is 5.17. The zero-order valence-corrected chi connectivity index (χ0v) is 7.69. The molecule has 0 spiro atoms. The average molecular weight is 181 g/mol. The van der Waals surface area contributed by atoms with Crippen LogP contribution in [0.15, 0.2) is 0 Å². The van der Waals surface area contributed by atoms with Crippen LogP contribution in [0, 0.1) is 0 Å². The molecule has 0 aliphatic rings. The van der Waals surface area contributed by atoms with Gasteiger partial charge in [0.2, 0.25) is 10.0 Å². The van der Waals surface area contributed by atoms with Gasteiger partial charge in [0.1, 0.15) is 0 Å². The van der Waals surface area contributed by atoms with Crippen molar-refractivity contribution in [3.05, 3.63) is 0 Å². The predicted octanol–water partition coefficient (Wildman–Crippen LogP) is -0.303. The van der Waals surface area contributed by atoms with Crippen LogP contribution in [-0.2, 0) is 10.0 Å². The van der Waals surface area contributed by atoms with E-state index in [0.29, 0.717) is 6.42 Å². The normalized spacial score (nSPS) is 14.8. The fraction of sp³-hybridized carbons (Fsp3) is 1.00. The number of aliphatic hydroxyl groups is 1. The van der Waals surface area contributed by atoms with Crippen LogP contribution in [0.1, 0.15) is 20.3 Å². The topological polar surface area (TPSA) is 66.4 Å². The lowest BCUT2D eigenvalue weighted by Gasteiger charge is -2.09. The van der Waals surface area contributed by atoms with E-state index in [0.717, 1.165) is 0 Å². The van der Waals surface area contributed by atoms with Crippen molar-refractivity contribution in [3.63, 3.8) is 0 Å². The van der Waals surface area contributed by atoms with Crippen molar-refractivity contribution in [2.24, 2.45) is 0 Å². The molecule has 0 amide bonds. The summed E-state index contributed by atoms with van der Waals surface area (Å²) in [5.74, 6) is 0.122. The Hall–Kier alpha value is -0.130. The summed E-state index contributed by atoms with van der Waals surface area (Å²) in [6.45, 7) is 3.25. The summed E-state index contributed by atoms with van der Waals surface area (Å²) in [5, 5.41) is 8.54. The molecule has 0 unspecified atom stereocenters. The van der Waals surface area contributed by atoms with Crippen molar-refractivity contribution >= 4 is 10.0 Å². The van der Waals surface area contributed by atoms with Crippen LogP contribution in [-0.4, -0.2) is 31.9 Å². The van der Waals surface area contributed by atoms with Gasteiger partial charge in [-0.05, 0) is 13.3 Å². The molecule has 0 aromatic carbocycles. The van der Waals surface area contributed by atoms with E-state index in [4.69, 9.17) is 5.11 Å². The fourth-order valence-electron chi connectivity index (χ4n) is 0.671. The van der Waals surface area contributed by atoms with E-state index in [9.17, 15) is 8.42 Å². The van der Waals surface area contributed by atoms with Gasteiger partial charge in [0.05, 0.1) is 12.4 Å². The molecule has 11 heavy (non-hydrogen) atoms. The van der Waals surface area contributed by atoms with E-state index < -0.39 is 10.0 Å². The molecular formula is C6H15NO3S. The first-order valence-electron chi connectivity index (χ1n) is 3.62. The molecule has 5 heteroatoms. The summed E-state index contributed by atoms with van der Waals surface area (Å²) in [5.41, 5.74) is 0. The van der Waals surface area contributed by atoms with E-state index in [1.54, 1.807) is 13.8 Å². The molecule has 0 bridgehead atoms. The molecule has 4 nitrogen and oxygen atoms in total. The summed E-state index contributed by atoms with van der Waals surface area (Å²) in [4.78, 5) is 0. The Morgan fingerprint density at radius 1 is 1.55 bits per heavy atom. The first-order valence-corrected chi connectivity index (χ1v) is 5.28. The zero-order valence-electron chi connectivity index (χ0n) is 6.87. The molecular weight excluding hydrogens is 166 g/mol. The molecule has 0 fully saturated rings. The highest BCUT2D eigenvalue weighted by atomic mass is 32.2. The number of rotatable bonds is 5. The first kappa shape index (κ1) is 10.9. The third-order valence-electron chi connectivity index (χ3n) is 1.13. The second-order valence-electron chi connectivity index (χ2n) is 2.52. The lowest BCUT2D eigenvalue weighted by atomic mass is 10.4. The van der Waals surface area contributed by atoms with Crippen LogP contribution in [0.5, 0.6) is 0 Å². The van der Waals surface area contributed by atoms with Crippen LogP contribution >= 0.6 is 0 Å². The average Bonchev–Trinajstić information content (AvgIpc) is 1.86. The van der Waals surface area contributed by atoms with E-state index >= 15 is 0 Å². The molecule has 0 radical (unpaired) electrons. The Morgan fingerprint density at radius 2 is 2.09 bits per heavy atom. The molecule has 0 aromatic rings. The van der Waals surface area contributed by atoms with E-state index in [1.807, 2.05) is 0 Å². The summed E-state index contributed by atoms with van der Waals surface area (Å²) in [6.07, 6.45) is 0.591. The molecule has 0 saturated carbocycles. The number of nitrogens with one attached hydrogen (secondary N) is 1. The van der Waals surface area contributed by atoms with Crippen LogP contribution in [0.4, 0.5) is 0 Å². The lowest BCUT2D eigenvalue weighted by Crippen LogP contribution is -2.36. The maximum atomic E-state index is 11.0. The second-order valence-corrected chi connectivity index (χ2v) is 4.39. The number of hydrogen-bond acceptors (Lipinski definition) is 3. The Kier molecular flexibility index (Phi) is 4.63. The van der Waals surface area contributed by atoms with Crippen LogP contribution in [0.25, 0.3) is 0 Å². The number of hydrogen-bond donors (Lipinski definition) is 2. The summed E-state index contributed by atoms with van der Waals surface area (Å²) in [7, 11) is -3.15. The van der Waals surface area contributed by atoms with Gasteiger partial charge in [0, 0.05) is 6.04 Å². The van der Waals surface area contributed by atoms with Gasteiger partial charge in [0.15, 0.2) is 0 Å². The summed E-state index contributed by atoms with van der Waals surface area (Å²) >= 11 is 0. The third-order valence-corrected chi connectivity index (χ3v) is 2.83. The Balaban J connectivity index is 3.92. The monoisotopic (exact) mass is 181 g/mol. The quantitative estimate of drug-likeness (QED) is 0.612. The maximum absolute atomic E-state index is 11.0. The molecule has 0 saturated heterocycles. The second kappa shape index (κ2) is 4.69. The Morgan fingerprint density at radius 3 is 2.45 bits per heavy atom. The van der Waals surface area contributed by atoms with Crippen molar-refractivity contribution in [1.29, 1.82) is 0 Å². The molecule has 0 aromatic heterocycles. The standard InChI is InChI=1S/C6H15NO3S/c1-3-4-11(9,10)7-6(2)5-8/h6-8H,3-5H2,1-2H3/t6-/m0/s1. The van der Waals surface area contributed by atoms with E-state index in [-0.39, 0.29) is 18.4 Å². The molecule has 0 aliphatic carbocycles.